The number of phenols is 1. The molecule has 86 valence electrons. The fraction of sp³-hybridized carbons (Fsp3) is 0.250. The normalized spacial score (nSPS) is 12.4. The molecule has 0 fully saturated rings. The first-order valence-electron chi connectivity index (χ1n) is 3.65. The van der Waals surface area contributed by atoms with E-state index in [1.807, 2.05) is 45.2 Å². The molecular formula is C8H8ClF2I2NO. The Kier molecular flexibility index (Phi) is 6.61. The molecule has 1 rings (SSSR count). The van der Waals surface area contributed by atoms with Crippen molar-refractivity contribution in [2.45, 2.75) is 12.5 Å². The number of benzene rings is 1. The summed E-state index contributed by atoms with van der Waals surface area (Å²) < 4.78 is 25.6. The Balaban J connectivity index is 0.00000196. The number of hydrogen-bond acceptors (Lipinski definition) is 2. The van der Waals surface area contributed by atoms with Crippen molar-refractivity contribution in [1.82, 2.24) is 0 Å². The van der Waals surface area contributed by atoms with Crippen molar-refractivity contribution >= 4 is 57.6 Å². The van der Waals surface area contributed by atoms with E-state index in [-0.39, 0.29) is 18.2 Å². The maximum Gasteiger partial charge on any atom is 0.257 e. The van der Waals surface area contributed by atoms with Crippen LogP contribution in [0.25, 0.3) is 0 Å². The average Bonchev–Trinajstić information content (AvgIpc) is 2.12. The number of halogens is 5. The molecule has 0 saturated heterocycles. The first kappa shape index (κ1) is 15.6. The lowest BCUT2D eigenvalue weighted by molar-refractivity contribution is 0.116. The Morgan fingerprint density at radius 2 is 1.60 bits per heavy atom. The van der Waals surface area contributed by atoms with Crippen molar-refractivity contribution < 1.29 is 13.9 Å². The number of aromatic hydroxyl groups is 1. The minimum atomic E-state index is -2.59. The van der Waals surface area contributed by atoms with Gasteiger partial charge in [-0.15, -0.1) is 12.4 Å². The highest BCUT2D eigenvalue weighted by Crippen LogP contribution is 2.30. The second-order valence-electron chi connectivity index (χ2n) is 2.69. The van der Waals surface area contributed by atoms with Crippen molar-refractivity contribution in [2.24, 2.45) is 5.73 Å². The smallest absolute Gasteiger partial charge is 0.257 e. The van der Waals surface area contributed by atoms with E-state index in [4.69, 9.17) is 5.73 Å². The molecule has 0 saturated carbocycles. The predicted octanol–water partition coefficient (Wildman–Crippen LogP) is 3.29. The van der Waals surface area contributed by atoms with E-state index in [1.54, 1.807) is 0 Å². The Labute approximate surface area is 119 Å². The van der Waals surface area contributed by atoms with Gasteiger partial charge in [0.25, 0.3) is 6.43 Å². The number of rotatable bonds is 2. The topological polar surface area (TPSA) is 46.2 Å². The highest BCUT2D eigenvalue weighted by Gasteiger charge is 2.19. The van der Waals surface area contributed by atoms with E-state index in [1.165, 1.54) is 12.1 Å². The highest BCUT2D eigenvalue weighted by molar-refractivity contribution is 14.1. The van der Waals surface area contributed by atoms with Gasteiger partial charge in [-0.1, -0.05) is 0 Å². The monoisotopic (exact) mass is 461 g/mol. The molecule has 2 nitrogen and oxygen atoms in total. The van der Waals surface area contributed by atoms with Crippen molar-refractivity contribution in [3.05, 3.63) is 24.8 Å². The first-order chi connectivity index (χ1) is 6.43. The van der Waals surface area contributed by atoms with Crippen LogP contribution in [0.4, 0.5) is 8.78 Å². The minimum absolute atomic E-state index is 0. The van der Waals surface area contributed by atoms with E-state index in [9.17, 15) is 13.9 Å². The zero-order chi connectivity index (χ0) is 10.9. The van der Waals surface area contributed by atoms with Gasteiger partial charge in [0.05, 0.1) is 13.2 Å². The SMILES string of the molecule is Cl.N[C@H](c1cc(I)c(O)c(I)c1)C(F)F. The van der Waals surface area contributed by atoms with Gasteiger partial charge in [-0.25, -0.2) is 8.78 Å². The van der Waals surface area contributed by atoms with Crippen LogP contribution in [-0.4, -0.2) is 11.5 Å². The van der Waals surface area contributed by atoms with Crippen LogP contribution >= 0.6 is 57.6 Å². The Morgan fingerprint density at radius 3 is 1.93 bits per heavy atom. The molecule has 0 aliphatic rings. The van der Waals surface area contributed by atoms with E-state index in [2.05, 4.69) is 0 Å². The van der Waals surface area contributed by atoms with Crippen LogP contribution in [0.15, 0.2) is 12.1 Å². The molecule has 1 atom stereocenters. The number of phenolic OH excluding ortho intramolecular Hbond substituents is 1. The van der Waals surface area contributed by atoms with Gasteiger partial charge in [0.2, 0.25) is 0 Å². The maximum atomic E-state index is 12.3. The van der Waals surface area contributed by atoms with Crippen molar-refractivity contribution in [3.8, 4) is 5.75 Å². The first-order valence-corrected chi connectivity index (χ1v) is 5.81. The third kappa shape index (κ3) is 3.82. The number of hydrogen-bond donors (Lipinski definition) is 2. The molecule has 15 heavy (non-hydrogen) atoms. The van der Waals surface area contributed by atoms with Gasteiger partial charge in [0.1, 0.15) is 5.75 Å². The minimum Gasteiger partial charge on any atom is -0.506 e. The quantitative estimate of drug-likeness (QED) is 0.665. The second kappa shape index (κ2) is 6.36. The fourth-order valence-corrected chi connectivity index (χ4v) is 2.74. The van der Waals surface area contributed by atoms with Gasteiger partial charge in [0.15, 0.2) is 0 Å². The van der Waals surface area contributed by atoms with Crippen LogP contribution in [-0.2, 0) is 0 Å². The van der Waals surface area contributed by atoms with Gasteiger partial charge in [-0.3, -0.25) is 0 Å². The average molecular weight is 461 g/mol. The summed E-state index contributed by atoms with van der Waals surface area (Å²) >= 11 is 3.75. The lowest BCUT2D eigenvalue weighted by atomic mass is 10.1. The van der Waals surface area contributed by atoms with Crippen LogP contribution < -0.4 is 5.73 Å². The molecule has 3 N–H and O–H groups in total. The summed E-state index contributed by atoms with van der Waals surface area (Å²) in [5, 5.41) is 9.41. The lowest BCUT2D eigenvalue weighted by Crippen LogP contribution is -2.19. The van der Waals surface area contributed by atoms with Gasteiger partial charge < -0.3 is 10.8 Å². The molecule has 1 aromatic carbocycles. The van der Waals surface area contributed by atoms with Gasteiger partial charge in [0, 0.05) is 0 Å². The van der Waals surface area contributed by atoms with Crippen LogP contribution in [0, 0.1) is 7.14 Å². The molecule has 0 aromatic heterocycles. The van der Waals surface area contributed by atoms with Gasteiger partial charge in [-0.2, -0.15) is 0 Å². The molecule has 0 heterocycles. The molecular weight excluding hydrogens is 453 g/mol. The molecule has 1 aromatic rings. The van der Waals surface area contributed by atoms with Crippen molar-refractivity contribution in [1.29, 1.82) is 0 Å². The van der Waals surface area contributed by atoms with E-state index in [0.717, 1.165) is 0 Å². The third-order valence-electron chi connectivity index (χ3n) is 1.70. The largest absolute Gasteiger partial charge is 0.506 e. The van der Waals surface area contributed by atoms with Crippen LogP contribution in [0.3, 0.4) is 0 Å². The van der Waals surface area contributed by atoms with Crippen LogP contribution in [0.2, 0.25) is 0 Å². The Morgan fingerprint density at radius 1 is 1.20 bits per heavy atom. The zero-order valence-electron chi connectivity index (χ0n) is 7.25. The van der Waals surface area contributed by atoms with Crippen LogP contribution in [0.5, 0.6) is 5.75 Å². The summed E-state index contributed by atoms with van der Waals surface area (Å²) in [6.45, 7) is 0. The third-order valence-corrected chi connectivity index (χ3v) is 3.34. The molecule has 0 bridgehead atoms. The van der Waals surface area contributed by atoms with Crippen LogP contribution in [0.1, 0.15) is 11.6 Å². The second-order valence-corrected chi connectivity index (χ2v) is 5.02. The molecule has 0 radical (unpaired) electrons. The number of nitrogens with two attached hydrogens (primary N) is 1. The maximum absolute atomic E-state index is 12.3. The van der Waals surface area contributed by atoms with Crippen molar-refractivity contribution in [2.75, 3.05) is 0 Å². The molecule has 7 heteroatoms. The summed E-state index contributed by atoms with van der Waals surface area (Å²) in [6.07, 6.45) is -2.59. The number of alkyl halides is 2. The molecule has 0 spiro atoms. The zero-order valence-corrected chi connectivity index (χ0v) is 12.4. The lowest BCUT2D eigenvalue weighted by Gasteiger charge is -2.12. The molecule has 0 amide bonds. The van der Waals surface area contributed by atoms with Crippen molar-refractivity contribution in [3.63, 3.8) is 0 Å². The Bertz CT molecular complexity index is 328. The summed E-state index contributed by atoms with van der Waals surface area (Å²) in [7, 11) is 0. The van der Waals surface area contributed by atoms with Gasteiger partial charge >= 0.3 is 0 Å². The van der Waals surface area contributed by atoms with E-state index in [0.29, 0.717) is 12.7 Å². The van der Waals surface area contributed by atoms with Gasteiger partial charge in [-0.05, 0) is 62.9 Å². The van der Waals surface area contributed by atoms with E-state index >= 15 is 0 Å². The van der Waals surface area contributed by atoms with E-state index < -0.39 is 12.5 Å². The summed E-state index contributed by atoms with van der Waals surface area (Å²) in [6, 6.07) is 1.64. The Hall–Kier alpha value is 0.590. The summed E-state index contributed by atoms with van der Waals surface area (Å²) in [4.78, 5) is 0. The highest BCUT2D eigenvalue weighted by atomic mass is 127. The summed E-state index contributed by atoms with van der Waals surface area (Å²) in [5.74, 6) is 0.108. The summed E-state index contributed by atoms with van der Waals surface area (Å²) in [5.41, 5.74) is 5.63. The fourth-order valence-electron chi connectivity index (χ4n) is 0.923. The standard InChI is InChI=1S/C8H7F2I2NO.ClH/c9-8(10)6(13)3-1-4(11)7(14)5(12)2-3;/h1-2,6,8,14H,13H2;1H/t6-;/m1./s1. The molecule has 0 unspecified atom stereocenters. The predicted molar refractivity (Wildman–Crippen MR) is 73.7 cm³/mol. The molecule has 0 aliphatic carbocycles. The molecule has 0 aliphatic heterocycles.